The molecule has 0 saturated heterocycles. The van der Waals surface area contributed by atoms with Crippen LogP contribution in [0.25, 0.3) is 0 Å². The lowest BCUT2D eigenvalue weighted by Gasteiger charge is -2.35. The zero-order chi connectivity index (χ0) is 16.8. The summed E-state index contributed by atoms with van der Waals surface area (Å²) in [6.45, 7) is 0.877. The van der Waals surface area contributed by atoms with E-state index in [2.05, 4.69) is 9.89 Å². The highest BCUT2D eigenvalue weighted by atomic mass is 16.5. The standard InChI is InChI=1S/C21H24N2O2/c24-21(14-2-7-19(8-3-14)25-20-9-10-20)23(17-5-6-17)18-4-1-15-12-22-13-16(15)11-18/h2-3,7-8,13,17-18,20H,1,4-6,9-12H2. The fourth-order valence-corrected chi connectivity index (χ4v) is 4.02. The first-order chi connectivity index (χ1) is 12.3. The minimum absolute atomic E-state index is 0.185. The highest BCUT2D eigenvalue weighted by Crippen LogP contribution is 2.37. The maximum Gasteiger partial charge on any atom is 0.254 e. The molecule has 2 saturated carbocycles. The van der Waals surface area contributed by atoms with Crippen molar-refractivity contribution in [2.75, 3.05) is 6.54 Å². The Labute approximate surface area is 148 Å². The molecule has 0 N–H and O–H groups in total. The molecule has 1 amide bonds. The van der Waals surface area contributed by atoms with Gasteiger partial charge in [-0.2, -0.15) is 0 Å². The maximum absolute atomic E-state index is 13.2. The summed E-state index contributed by atoms with van der Waals surface area (Å²) in [5.74, 6) is 1.07. The van der Waals surface area contributed by atoms with Crippen molar-refractivity contribution in [2.24, 2.45) is 4.99 Å². The zero-order valence-corrected chi connectivity index (χ0v) is 14.5. The number of hydrogen-bond acceptors (Lipinski definition) is 3. The van der Waals surface area contributed by atoms with Crippen LogP contribution < -0.4 is 4.74 Å². The molecule has 1 aromatic rings. The monoisotopic (exact) mass is 336 g/mol. The number of ether oxygens (including phenoxy) is 1. The van der Waals surface area contributed by atoms with Crippen LogP contribution in [-0.2, 0) is 0 Å². The van der Waals surface area contributed by atoms with Crippen molar-refractivity contribution in [1.29, 1.82) is 0 Å². The lowest BCUT2D eigenvalue weighted by Crippen LogP contribution is -2.43. The van der Waals surface area contributed by atoms with E-state index in [0.717, 1.165) is 62.8 Å². The van der Waals surface area contributed by atoms with Gasteiger partial charge in [-0.3, -0.25) is 9.79 Å². The molecule has 1 unspecified atom stereocenters. The maximum atomic E-state index is 13.2. The average molecular weight is 336 g/mol. The number of carbonyl (C=O) groups is 1. The molecule has 1 aliphatic heterocycles. The van der Waals surface area contributed by atoms with E-state index in [1.807, 2.05) is 30.5 Å². The Balaban J connectivity index is 1.33. The summed E-state index contributed by atoms with van der Waals surface area (Å²) >= 11 is 0. The van der Waals surface area contributed by atoms with E-state index >= 15 is 0 Å². The van der Waals surface area contributed by atoms with Gasteiger partial charge in [-0.1, -0.05) is 0 Å². The summed E-state index contributed by atoms with van der Waals surface area (Å²) in [5.41, 5.74) is 3.65. The highest BCUT2D eigenvalue weighted by molar-refractivity contribution is 5.95. The predicted octanol–water partition coefficient (Wildman–Crippen LogP) is 3.77. The number of nitrogens with zero attached hydrogens (tertiary/aromatic N) is 2. The molecule has 3 aliphatic carbocycles. The summed E-state index contributed by atoms with van der Waals surface area (Å²) in [5, 5.41) is 0. The molecule has 0 aromatic heterocycles. The van der Waals surface area contributed by atoms with Crippen LogP contribution in [0.3, 0.4) is 0 Å². The van der Waals surface area contributed by atoms with Gasteiger partial charge in [0.15, 0.2) is 0 Å². The Morgan fingerprint density at radius 1 is 1.04 bits per heavy atom. The topological polar surface area (TPSA) is 41.9 Å². The highest BCUT2D eigenvalue weighted by Gasteiger charge is 2.39. The van der Waals surface area contributed by atoms with Gasteiger partial charge in [-0.05, 0) is 80.4 Å². The molecule has 4 heteroatoms. The Morgan fingerprint density at radius 2 is 1.84 bits per heavy atom. The van der Waals surface area contributed by atoms with Crippen molar-refractivity contribution in [1.82, 2.24) is 4.90 Å². The molecular weight excluding hydrogens is 312 g/mol. The molecular formula is C21H24N2O2. The molecule has 0 spiro atoms. The van der Waals surface area contributed by atoms with Crippen molar-refractivity contribution < 1.29 is 9.53 Å². The van der Waals surface area contributed by atoms with Gasteiger partial charge in [0.25, 0.3) is 5.91 Å². The fourth-order valence-electron chi connectivity index (χ4n) is 4.02. The molecule has 0 bridgehead atoms. The number of benzene rings is 1. The molecule has 4 aliphatic rings. The van der Waals surface area contributed by atoms with Crippen LogP contribution in [0.4, 0.5) is 0 Å². The third-order valence-electron chi connectivity index (χ3n) is 5.71. The van der Waals surface area contributed by atoms with Gasteiger partial charge in [-0.25, -0.2) is 0 Å². The van der Waals surface area contributed by atoms with Gasteiger partial charge in [0, 0.05) is 23.9 Å². The fraction of sp³-hybridized carbons (Fsp3) is 0.524. The zero-order valence-electron chi connectivity index (χ0n) is 14.5. The lowest BCUT2D eigenvalue weighted by atomic mass is 9.88. The van der Waals surface area contributed by atoms with Crippen LogP contribution in [0, 0.1) is 0 Å². The predicted molar refractivity (Wildman–Crippen MR) is 97.3 cm³/mol. The molecule has 5 rings (SSSR count). The van der Waals surface area contributed by atoms with E-state index in [9.17, 15) is 4.79 Å². The number of carbonyl (C=O) groups excluding carboxylic acids is 1. The second kappa shape index (κ2) is 6.01. The van der Waals surface area contributed by atoms with Crippen LogP contribution in [-0.4, -0.2) is 41.8 Å². The second-order valence-corrected chi connectivity index (χ2v) is 7.78. The van der Waals surface area contributed by atoms with Crippen LogP contribution in [0.2, 0.25) is 0 Å². The Hall–Kier alpha value is -2.10. The molecule has 4 nitrogen and oxygen atoms in total. The van der Waals surface area contributed by atoms with Crippen LogP contribution in [0.5, 0.6) is 5.75 Å². The quantitative estimate of drug-likeness (QED) is 0.821. The van der Waals surface area contributed by atoms with Crippen molar-refractivity contribution in [2.45, 2.75) is 63.1 Å². The average Bonchev–Trinajstić information content (AvgIpc) is 3.56. The van der Waals surface area contributed by atoms with Gasteiger partial charge in [0.05, 0.1) is 12.6 Å². The van der Waals surface area contributed by atoms with E-state index in [1.54, 1.807) is 0 Å². The molecule has 2 fully saturated rings. The van der Waals surface area contributed by atoms with E-state index < -0.39 is 0 Å². The molecule has 1 aromatic carbocycles. The van der Waals surface area contributed by atoms with Gasteiger partial charge in [0.1, 0.15) is 5.75 Å². The third kappa shape index (κ3) is 3.10. The number of rotatable bonds is 5. The Bertz CT molecular complexity index is 742. The van der Waals surface area contributed by atoms with Crippen LogP contribution in [0.15, 0.2) is 40.4 Å². The summed E-state index contributed by atoms with van der Waals surface area (Å²) in [4.78, 5) is 19.8. The first-order valence-corrected chi connectivity index (χ1v) is 9.58. The van der Waals surface area contributed by atoms with Crippen LogP contribution in [0.1, 0.15) is 55.3 Å². The first kappa shape index (κ1) is 15.2. The van der Waals surface area contributed by atoms with Crippen molar-refractivity contribution in [3.05, 3.63) is 41.0 Å². The molecule has 130 valence electrons. The van der Waals surface area contributed by atoms with Gasteiger partial charge in [-0.15, -0.1) is 0 Å². The smallest absolute Gasteiger partial charge is 0.254 e. The first-order valence-electron chi connectivity index (χ1n) is 9.58. The SMILES string of the molecule is O=C(c1ccc(OC2CC2)cc1)N(C1CC1)C1CCC2=C(C=NC2)C1. The Morgan fingerprint density at radius 3 is 2.56 bits per heavy atom. The van der Waals surface area contributed by atoms with E-state index in [1.165, 1.54) is 11.1 Å². The largest absolute Gasteiger partial charge is 0.490 e. The summed E-state index contributed by atoms with van der Waals surface area (Å²) < 4.78 is 5.80. The van der Waals surface area contributed by atoms with Gasteiger partial charge in [0.2, 0.25) is 0 Å². The summed E-state index contributed by atoms with van der Waals surface area (Å²) in [6, 6.07) is 8.51. The summed E-state index contributed by atoms with van der Waals surface area (Å²) in [6.07, 6.45) is 10.2. The van der Waals surface area contributed by atoms with Crippen LogP contribution >= 0.6 is 0 Å². The molecule has 1 heterocycles. The van der Waals surface area contributed by atoms with E-state index in [-0.39, 0.29) is 5.91 Å². The number of aliphatic imine (C=N–C) groups is 1. The second-order valence-electron chi connectivity index (χ2n) is 7.78. The number of amides is 1. The molecule has 25 heavy (non-hydrogen) atoms. The molecule has 0 radical (unpaired) electrons. The lowest BCUT2D eigenvalue weighted by molar-refractivity contribution is 0.0645. The minimum atomic E-state index is 0.185. The van der Waals surface area contributed by atoms with Crippen molar-refractivity contribution in [3.63, 3.8) is 0 Å². The van der Waals surface area contributed by atoms with Crippen molar-refractivity contribution >= 4 is 12.1 Å². The Kier molecular flexibility index (Phi) is 3.65. The molecule has 1 atom stereocenters. The van der Waals surface area contributed by atoms with Gasteiger partial charge < -0.3 is 9.64 Å². The van der Waals surface area contributed by atoms with Crippen molar-refractivity contribution in [3.8, 4) is 5.75 Å². The van der Waals surface area contributed by atoms with E-state index in [0.29, 0.717) is 18.2 Å². The minimum Gasteiger partial charge on any atom is -0.490 e. The van der Waals surface area contributed by atoms with E-state index in [4.69, 9.17) is 4.74 Å². The van der Waals surface area contributed by atoms with Gasteiger partial charge >= 0.3 is 0 Å². The number of hydrogen-bond donors (Lipinski definition) is 0. The normalized spacial score (nSPS) is 25.0. The third-order valence-corrected chi connectivity index (χ3v) is 5.71. The summed E-state index contributed by atoms with van der Waals surface area (Å²) in [7, 11) is 0.